The van der Waals surface area contributed by atoms with Crippen LogP contribution in [-0.4, -0.2) is 36.4 Å². The summed E-state index contributed by atoms with van der Waals surface area (Å²) in [6.45, 7) is 3.46. The van der Waals surface area contributed by atoms with Gasteiger partial charge in [0.05, 0.1) is 11.4 Å². The Hall–Kier alpha value is -2.30. The fourth-order valence-corrected chi connectivity index (χ4v) is 3.94. The van der Waals surface area contributed by atoms with Crippen LogP contribution < -0.4 is 10.0 Å². The van der Waals surface area contributed by atoms with Gasteiger partial charge in [-0.25, -0.2) is 22.9 Å². The van der Waals surface area contributed by atoms with E-state index < -0.39 is 21.9 Å². The molecule has 8 nitrogen and oxygen atoms in total. The number of carboxylic acid groups (broad SMARTS) is 1. The first kappa shape index (κ1) is 19.0. The lowest BCUT2D eigenvalue weighted by Gasteiger charge is -2.10. The van der Waals surface area contributed by atoms with Gasteiger partial charge in [0.2, 0.25) is 10.0 Å². The highest BCUT2D eigenvalue weighted by atomic mass is 32.2. The molecule has 10 heteroatoms. The second-order valence-electron chi connectivity index (χ2n) is 5.42. The molecule has 1 aromatic carbocycles. The number of sulfonamides is 1. The third-order valence-corrected chi connectivity index (χ3v) is 5.47. The zero-order valence-corrected chi connectivity index (χ0v) is 15.1. The molecule has 0 spiro atoms. The van der Waals surface area contributed by atoms with Crippen LogP contribution in [0, 0.1) is 0 Å². The Balaban J connectivity index is 2.09. The number of thiazole rings is 1. The van der Waals surface area contributed by atoms with E-state index >= 15 is 0 Å². The Kier molecular flexibility index (Phi) is 5.88. The number of carboxylic acids is 1. The molecule has 0 aliphatic rings. The first-order valence-corrected chi connectivity index (χ1v) is 9.63. The van der Waals surface area contributed by atoms with E-state index in [1.165, 1.54) is 29.6 Å². The van der Waals surface area contributed by atoms with Crippen LogP contribution in [0.3, 0.4) is 0 Å². The molecule has 0 aliphatic heterocycles. The fraction of sp³-hybridized carbons (Fsp3) is 0.267. The molecule has 1 aromatic heterocycles. The predicted molar refractivity (Wildman–Crippen MR) is 92.1 cm³/mol. The highest BCUT2D eigenvalue weighted by molar-refractivity contribution is 7.89. The van der Waals surface area contributed by atoms with Gasteiger partial charge in [-0.2, -0.15) is 0 Å². The number of hydrogen-bond acceptors (Lipinski definition) is 6. The number of carbonyl (C=O) groups is 2. The monoisotopic (exact) mass is 383 g/mol. The molecule has 0 atom stereocenters. The summed E-state index contributed by atoms with van der Waals surface area (Å²) < 4.78 is 26.8. The minimum absolute atomic E-state index is 0.00346. The molecule has 0 saturated heterocycles. The normalized spacial score (nSPS) is 11.5. The topological polar surface area (TPSA) is 125 Å². The molecule has 134 valence electrons. The average molecular weight is 383 g/mol. The molecule has 0 bridgehead atoms. The maximum absolute atomic E-state index is 12.2. The first-order valence-electron chi connectivity index (χ1n) is 7.27. The second kappa shape index (κ2) is 7.72. The van der Waals surface area contributed by atoms with Gasteiger partial charge in [0.25, 0.3) is 5.91 Å². The van der Waals surface area contributed by atoms with E-state index in [0.29, 0.717) is 5.01 Å². The van der Waals surface area contributed by atoms with E-state index in [9.17, 15) is 18.0 Å². The van der Waals surface area contributed by atoms with Crippen LogP contribution >= 0.6 is 11.3 Å². The Bertz CT molecular complexity index is 890. The van der Waals surface area contributed by atoms with Crippen molar-refractivity contribution in [2.24, 2.45) is 0 Å². The van der Waals surface area contributed by atoms with Crippen LogP contribution in [-0.2, 0) is 16.6 Å². The van der Waals surface area contributed by atoms with Crippen LogP contribution in [0.4, 0.5) is 0 Å². The number of nitrogens with zero attached hydrogens (tertiary/aromatic N) is 1. The summed E-state index contributed by atoms with van der Waals surface area (Å²) in [6.07, 6.45) is 0. The number of nitrogens with one attached hydrogen (secondary N) is 2. The summed E-state index contributed by atoms with van der Waals surface area (Å²) in [5.74, 6) is -1.61. The molecule has 0 unspecified atom stereocenters. The van der Waals surface area contributed by atoms with E-state index in [0.717, 1.165) is 11.3 Å². The third kappa shape index (κ3) is 5.08. The molecule has 3 N–H and O–H groups in total. The number of amides is 1. The van der Waals surface area contributed by atoms with Crippen LogP contribution in [0.5, 0.6) is 0 Å². The first-order chi connectivity index (χ1) is 11.7. The van der Waals surface area contributed by atoms with Gasteiger partial charge >= 0.3 is 5.97 Å². The van der Waals surface area contributed by atoms with Crippen molar-refractivity contribution in [2.75, 3.05) is 0 Å². The molecule has 2 aromatic rings. The van der Waals surface area contributed by atoms with Crippen LogP contribution in [0.1, 0.15) is 39.7 Å². The van der Waals surface area contributed by atoms with Gasteiger partial charge in [0.1, 0.15) is 5.01 Å². The summed E-state index contributed by atoms with van der Waals surface area (Å²) >= 11 is 1.12. The second-order valence-corrected chi connectivity index (χ2v) is 8.07. The van der Waals surface area contributed by atoms with Crippen molar-refractivity contribution in [1.29, 1.82) is 0 Å². The van der Waals surface area contributed by atoms with Gasteiger partial charge in [-0.05, 0) is 32.0 Å². The maximum Gasteiger partial charge on any atom is 0.355 e. The number of hydrogen-bond donors (Lipinski definition) is 3. The molecular formula is C15H17N3O5S2. The molecule has 25 heavy (non-hydrogen) atoms. The molecule has 2 rings (SSSR count). The quantitative estimate of drug-likeness (QED) is 0.665. The van der Waals surface area contributed by atoms with Crippen molar-refractivity contribution in [3.05, 3.63) is 45.9 Å². The van der Waals surface area contributed by atoms with Crippen molar-refractivity contribution in [2.45, 2.75) is 31.3 Å². The van der Waals surface area contributed by atoms with E-state index in [2.05, 4.69) is 15.0 Å². The van der Waals surface area contributed by atoms with Crippen molar-refractivity contribution < 1.29 is 23.1 Å². The van der Waals surface area contributed by atoms with Gasteiger partial charge in [-0.15, -0.1) is 11.3 Å². The number of aromatic carboxylic acids is 1. The van der Waals surface area contributed by atoms with Gasteiger partial charge in [-0.1, -0.05) is 6.07 Å². The third-order valence-electron chi connectivity index (χ3n) is 2.97. The zero-order chi connectivity index (χ0) is 18.6. The predicted octanol–water partition coefficient (Wildman–Crippen LogP) is 1.46. The van der Waals surface area contributed by atoms with Crippen molar-refractivity contribution in [3.8, 4) is 0 Å². The lowest BCUT2D eigenvalue weighted by molar-refractivity contribution is 0.0691. The Labute approximate surface area is 149 Å². The number of rotatable bonds is 7. The number of aromatic nitrogens is 1. The van der Waals surface area contributed by atoms with Crippen molar-refractivity contribution >= 4 is 33.2 Å². The van der Waals surface area contributed by atoms with Crippen molar-refractivity contribution in [3.63, 3.8) is 0 Å². The maximum atomic E-state index is 12.2. The number of carbonyl (C=O) groups excluding carboxylic acids is 1. The van der Waals surface area contributed by atoms with Crippen molar-refractivity contribution in [1.82, 2.24) is 15.0 Å². The molecule has 0 saturated carbocycles. The van der Waals surface area contributed by atoms with E-state index in [-0.39, 0.29) is 28.7 Å². The fourth-order valence-electron chi connectivity index (χ4n) is 1.93. The Morgan fingerprint density at radius 1 is 1.32 bits per heavy atom. The zero-order valence-electron chi connectivity index (χ0n) is 13.5. The van der Waals surface area contributed by atoms with E-state index in [1.807, 2.05) is 0 Å². The van der Waals surface area contributed by atoms with Gasteiger partial charge in [-0.3, -0.25) is 4.79 Å². The molecular weight excluding hydrogens is 366 g/mol. The highest BCUT2D eigenvalue weighted by Crippen LogP contribution is 2.13. The minimum atomic E-state index is -3.69. The van der Waals surface area contributed by atoms with Gasteiger partial charge in [0.15, 0.2) is 5.69 Å². The summed E-state index contributed by atoms with van der Waals surface area (Å²) in [4.78, 5) is 26.8. The SMILES string of the molecule is CC(C)NS(=O)(=O)c1cccc(C(=O)NCc2nc(C(=O)O)cs2)c1. The largest absolute Gasteiger partial charge is 0.476 e. The summed E-state index contributed by atoms with van der Waals surface area (Å²) in [5.41, 5.74) is 0.101. The summed E-state index contributed by atoms with van der Waals surface area (Å²) in [6, 6.07) is 5.39. The van der Waals surface area contributed by atoms with Gasteiger partial charge < -0.3 is 10.4 Å². The summed E-state index contributed by atoms with van der Waals surface area (Å²) in [7, 11) is -3.69. The molecule has 0 fully saturated rings. The van der Waals surface area contributed by atoms with Gasteiger partial charge in [0, 0.05) is 17.0 Å². The lowest BCUT2D eigenvalue weighted by Crippen LogP contribution is -2.30. The highest BCUT2D eigenvalue weighted by Gasteiger charge is 2.17. The van der Waals surface area contributed by atoms with Crippen LogP contribution in [0.15, 0.2) is 34.5 Å². The smallest absolute Gasteiger partial charge is 0.355 e. The summed E-state index contributed by atoms with van der Waals surface area (Å²) in [5, 5.41) is 13.2. The average Bonchev–Trinajstić information content (AvgIpc) is 3.01. The molecule has 0 aliphatic carbocycles. The van der Waals surface area contributed by atoms with E-state index in [1.54, 1.807) is 13.8 Å². The van der Waals surface area contributed by atoms with Crippen LogP contribution in [0.2, 0.25) is 0 Å². The molecule has 1 amide bonds. The molecule has 0 radical (unpaired) electrons. The number of benzene rings is 1. The Morgan fingerprint density at radius 2 is 2.04 bits per heavy atom. The minimum Gasteiger partial charge on any atom is -0.476 e. The van der Waals surface area contributed by atoms with E-state index in [4.69, 9.17) is 5.11 Å². The van der Waals surface area contributed by atoms with Crippen LogP contribution in [0.25, 0.3) is 0 Å². The standard InChI is InChI=1S/C15H17N3O5S2/c1-9(2)18-25(22,23)11-5-3-4-10(6-11)14(19)16-7-13-17-12(8-24-13)15(20)21/h3-6,8-9,18H,7H2,1-2H3,(H,16,19)(H,20,21). The lowest BCUT2D eigenvalue weighted by atomic mass is 10.2. The Morgan fingerprint density at radius 3 is 2.64 bits per heavy atom. The molecule has 1 heterocycles.